The predicted octanol–water partition coefficient (Wildman–Crippen LogP) is 3.16. The Kier molecular flexibility index (Phi) is 3.23. The van der Waals surface area contributed by atoms with Crippen LogP contribution in [0.4, 0.5) is 0 Å². The molecule has 5 nitrogen and oxygen atoms in total. The topological polar surface area (TPSA) is 78.4 Å². The molecule has 3 aromatic rings. The summed E-state index contributed by atoms with van der Waals surface area (Å²) in [4.78, 5) is 0. The van der Waals surface area contributed by atoms with Crippen molar-refractivity contribution in [2.24, 2.45) is 0 Å². The van der Waals surface area contributed by atoms with E-state index in [9.17, 15) is 10.2 Å². The summed E-state index contributed by atoms with van der Waals surface area (Å²) in [7, 11) is 1.55. The SMILES string of the molecule is COc1ccc(-c2n[nH]cc2-c2ccc(O)cc2)c(O)c1. The van der Waals surface area contributed by atoms with Gasteiger partial charge in [-0.2, -0.15) is 5.10 Å². The molecule has 106 valence electrons. The third-order valence-corrected chi connectivity index (χ3v) is 3.28. The molecule has 0 aliphatic rings. The van der Waals surface area contributed by atoms with Crippen LogP contribution in [0.5, 0.6) is 17.2 Å². The van der Waals surface area contributed by atoms with Gasteiger partial charge in [-0.3, -0.25) is 5.10 Å². The van der Waals surface area contributed by atoms with Gasteiger partial charge in [0.1, 0.15) is 22.9 Å². The Hall–Kier alpha value is -2.95. The van der Waals surface area contributed by atoms with Crippen molar-refractivity contribution in [1.29, 1.82) is 0 Å². The number of hydrogen-bond donors (Lipinski definition) is 3. The monoisotopic (exact) mass is 282 g/mol. The van der Waals surface area contributed by atoms with Gasteiger partial charge < -0.3 is 14.9 Å². The third-order valence-electron chi connectivity index (χ3n) is 3.28. The highest BCUT2D eigenvalue weighted by Gasteiger charge is 2.14. The summed E-state index contributed by atoms with van der Waals surface area (Å²) < 4.78 is 5.08. The number of hydrogen-bond acceptors (Lipinski definition) is 4. The van der Waals surface area contributed by atoms with Crippen LogP contribution in [0.3, 0.4) is 0 Å². The summed E-state index contributed by atoms with van der Waals surface area (Å²) >= 11 is 0. The minimum atomic E-state index is 0.0986. The number of benzene rings is 2. The second-order valence-electron chi connectivity index (χ2n) is 4.58. The molecular weight excluding hydrogens is 268 g/mol. The molecule has 21 heavy (non-hydrogen) atoms. The molecule has 0 atom stereocenters. The maximum atomic E-state index is 10.1. The Labute approximate surface area is 121 Å². The number of nitrogens with zero attached hydrogens (tertiary/aromatic N) is 1. The van der Waals surface area contributed by atoms with Gasteiger partial charge in [0.2, 0.25) is 0 Å². The zero-order valence-electron chi connectivity index (χ0n) is 11.4. The van der Waals surface area contributed by atoms with E-state index in [1.54, 1.807) is 55.8 Å². The lowest BCUT2D eigenvalue weighted by Crippen LogP contribution is -1.86. The highest BCUT2D eigenvalue weighted by atomic mass is 16.5. The average Bonchev–Trinajstić information content (AvgIpc) is 2.97. The fourth-order valence-electron chi connectivity index (χ4n) is 2.19. The minimum absolute atomic E-state index is 0.0986. The van der Waals surface area contributed by atoms with Crippen molar-refractivity contribution in [1.82, 2.24) is 10.2 Å². The van der Waals surface area contributed by atoms with Gasteiger partial charge in [-0.25, -0.2) is 0 Å². The van der Waals surface area contributed by atoms with E-state index in [1.165, 1.54) is 0 Å². The highest BCUT2D eigenvalue weighted by Crippen LogP contribution is 2.37. The van der Waals surface area contributed by atoms with Crippen molar-refractivity contribution in [3.8, 4) is 39.6 Å². The van der Waals surface area contributed by atoms with Crippen LogP contribution in [0.15, 0.2) is 48.7 Å². The van der Waals surface area contributed by atoms with Crippen molar-refractivity contribution < 1.29 is 14.9 Å². The smallest absolute Gasteiger partial charge is 0.128 e. The van der Waals surface area contributed by atoms with Crippen LogP contribution in [0.2, 0.25) is 0 Å². The summed E-state index contributed by atoms with van der Waals surface area (Å²) in [5, 5.41) is 26.5. The van der Waals surface area contributed by atoms with Crippen LogP contribution in [-0.4, -0.2) is 27.5 Å². The van der Waals surface area contributed by atoms with Crippen molar-refractivity contribution in [3.63, 3.8) is 0 Å². The van der Waals surface area contributed by atoms with E-state index in [-0.39, 0.29) is 11.5 Å². The summed E-state index contributed by atoms with van der Waals surface area (Å²) in [5.41, 5.74) is 2.99. The van der Waals surface area contributed by atoms with Crippen LogP contribution in [-0.2, 0) is 0 Å². The quantitative estimate of drug-likeness (QED) is 0.689. The van der Waals surface area contributed by atoms with Gasteiger partial charge in [-0.15, -0.1) is 0 Å². The summed E-state index contributed by atoms with van der Waals surface area (Å²) in [5.74, 6) is 0.885. The van der Waals surface area contributed by atoms with E-state index in [0.29, 0.717) is 17.0 Å². The van der Waals surface area contributed by atoms with Crippen LogP contribution in [0, 0.1) is 0 Å². The summed E-state index contributed by atoms with van der Waals surface area (Å²) in [6.45, 7) is 0. The summed E-state index contributed by atoms with van der Waals surface area (Å²) in [6.07, 6.45) is 1.76. The Morgan fingerprint density at radius 2 is 1.76 bits per heavy atom. The Bertz CT molecular complexity index is 763. The number of nitrogens with one attached hydrogen (secondary N) is 1. The Balaban J connectivity index is 2.09. The van der Waals surface area contributed by atoms with E-state index in [4.69, 9.17) is 4.74 Å². The second-order valence-corrected chi connectivity index (χ2v) is 4.58. The molecule has 0 bridgehead atoms. The standard InChI is InChI=1S/C16H14N2O3/c1-21-12-6-7-13(15(20)8-12)16-14(9-17-18-16)10-2-4-11(19)5-3-10/h2-9,19-20H,1H3,(H,17,18). The number of aromatic nitrogens is 2. The fraction of sp³-hybridized carbons (Fsp3) is 0.0625. The van der Waals surface area contributed by atoms with Gasteiger partial charge in [-0.05, 0) is 29.8 Å². The molecule has 0 aliphatic heterocycles. The van der Waals surface area contributed by atoms with Crippen LogP contribution < -0.4 is 4.74 Å². The number of ether oxygens (including phenoxy) is 1. The Morgan fingerprint density at radius 3 is 2.43 bits per heavy atom. The molecule has 0 aliphatic carbocycles. The number of aromatic hydroxyl groups is 2. The van der Waals surface area contributed by atoms with Gasteiger partial charge in [-0.1, -0.05) is 12.1 Å². The van der Waals surface area contributed by atoms with Gasteiger partial charge in [0, 0.05) is 23.4 Å². The lowest BCUT2D eigenvalue weighted by Gasteiger charge is -2.07. The number of phenolic OH excluding ortho intramolecular Hbond substituents is 2. The first-order valence-electron chi connectivity index (χ1n) is 6.39. The van der Waals surface area contributed by atoms with Crippen molar-refractivity contribution in [3.05, 3.63) is 48.7 Å². The second kappa shape index (κ2) is 5.20. The first-order valence-corrected chi connectivity index (χ1v) is 6.39. The number of H-pyrrole nitrogens is 1. The molecule has 0 unspecified atom stereocenters. The first kappa shape index (κ1) is 13.1. The lowest BCUT2D eigenvalue weighted by molar-refractivity contribution is 0.408. The van der Waals surface area contributed by atoms with E-state index in [1.807, 2.05) is 0 Å². The van der Waals surface area contributed by atoms with Gasteiger partial charge in [0.15, 0.2) is 0 Å². The van der Waals surface area contributed by atoms with Crippen LogP contribution in [0.25, 0.3) is 22.4 Å². The molecule has 3 N–H and O–H groups in total. The first-order chi connectivity index (χ1) is 10.2. The summed E-state index contributed by atoms with van der Waals surface area (Å²) in [6, 6.07) is 11.9. The molecule has 3 rings (SSSR count). The molecule has 2 aromatic carbocycles. The van der Waals surface area contributed by atoms with Gasteiger partial charge in [0.05, 0.1) is 7.11 Å². The molecule has 0 fully saturated rings. The maximum absolute atomic E-state index is 10.1. The van der Waals surface area contributed by atoms with Gasteiger partial charge in [0.25, 0.3) is 0 Å². The van der Waals surface area contributed by atoms with E-state index in [2.05, 4.69) is 10.2 Å². The molecule has 0 amide bonds. The molecule has 0 saturated heterocycles. The average molecular weight is 282 g/mol. The van der Waals surface area contributed by atoms with E-state index >= 15 is 0 Å². The molecule has 1 aromatic heterocycles. The van der Waals surface area contributed by atoms with Crippen LogP contribution >= 0.6 is 0 Å². The number of aromatic amines is 1. The van der Waals surface area contributed by atoms with Crippen molar-refractivity contribution in [2.75, 3.05) is 7.11 Å². The number of phenols is 2. The molecule has 0 saturated carbocycles. The highest BCUT2D eigenvalue weighted by molar-refractivity contribution is 5.83. The normalized spacial score (nSPS) is 10.5. The van der Waals surface area contributed by atoms with Crippen molar-refractivity contribution >= 4 is 0 Å². The number of methoxy groups -OCH3 is 1. The fourth-order valence-corrected chi connectivity index (χ4v) is 2.19. The molecule has 0 spiro atoms. The molecule has 1 heterocycles. The van der Waals surface area contributed by atoms with E-state index < -0.39 is 0 Å². The molecule has 0 radical (unpaired) electrons. The van der Waals surface area contributed by atoms with E-state index in [0.717, 1.165) is 11.1 Å². The maximum Gasteiger partial charge on any atom is 0.128 e. The van der Waals surface area contributed by atoms with Crippen LogP contribution in [0.1, 0.15) is 0 Å². The third kappa shape index (κ3) is 2.41. The molecule has 5 heteroatoms. The Morgan fingerprint density at radius 1 is 1.00 bits per heavy atom. The van der Waals surface area contributed by atoms with Crippen molar-refractivity contribution in [2.45, 2.75) is 0 Å². The number of rotatable bonds is 3. The molecular formula is C16H14N2O3. The zero-order valence-corrected chi connectivity index (χ0v) is 11.4. The lowest BCUT2D eigenvalue weighted by atomic mass is 10.0. The largest absolute Gasteiger partial charge is 0.508 e. The minimum Gasteiger partial charge on any atom is -0.508 e. The van der Waals surface area contributed by atoms with Gasteiger partial charge >= 0.3 is 0 Å². The predicted molar refractivity (Wildman–Crippen MR) is 79.3 cm³/mol. The zero-order chi connectivity index (χ0) is 14.8.